The van der Waals surface area contributed by atoms with Crippen molar-refractivity contribution in [3.63, 3.8) is 0 Å². The Kier molecular flexibility index (Phi) is 3.68. The molecule has 0 radical (unpaired) electrons. The Morgan fingerprint density at radius 2 is 2.00 bits per heavy atom. The molecule has 0 aliphatic heterocycles. The van der Waals surface area contributed by atoms with Gasteiger partial charge in [0.25, 0.3) is 0 Å². The number of ether oxygens (including phenoxy) is 1. The Labute approximate surface area is 106 Å². The topological polar surface area (TPSA) is 48.4 Å². The van der Waals surface area contributed by atoms with Crippen LogP contribution in [-0.2, 0) is 4.74 Å². The summed E-state index contributed by atoms with van der Waals surface area (Å²) in [5.41, 5.74) is 6.78. The van der Waals surface area contributed by atoms with Crippen LogP contribution in [-0.4, -0.2) is 13.2 Å². The summed E-state index contributed by atoms with van der Waals surface area (Å²) in [6, 6.07) is 5.84. The van der Waals surface area contributed by atoms with E-state index in [0.29, 0.717) is 11.3 Å². The maximum Gasteiger partial charge on any atom is 0.134 e. The molecular weight excluding hydrogens is 233 g/mol. The summed E-state index contributed by atoms with van der Waals surface area (Å²) in [5, 5.41) is 0.721. The molecule has 2 N–H and O–H groups in total. The zero-order valence-electron chi connectivity index (χ0n) is 10.8. The van der Waals surface area contributed by atoms with Crippen molar-refractivity contribution in [2.75, 3.05) is 7.11 Å². The number of fused-ring (bicyclic) bond motifs is 1. The standard InChI is InChI=1S/C14H18FNO2/c1-8(2)14(17-3)13(16)12-7-9-6-10(15)4-5-11(9)18-12/h4-8,13-14H,16H2,1-3H3. The second-order valence-electron chi connectivity index (χ2n) is 4.80. The lowest BCUT2D eigenvalue weighted by Gasteiger charge is -2.24. The summed E-state index contributed by atoms with van der Waals surface area (Å²) >= 11 is 0. The van der Waals surface area contributed by atoms with Crippen LogP contribution in [0.15, 0.2) is 28.7 Å². The van der Waals surface area contributed by atoms with Crippen molar-refractivity contribution in [3.8, 4) is 0 Å². The van der Waals surface area contributed by atoms with Gasteiger partial charge in [-0.3, -0.25) is 0 Å². The highest BCUT2D eigenvalue weighted by Crippen LogP contribution is 2.28. The quantitative estimate of drug-likeness (QED) is 0.907. The Balaban J connectivity index is 2.35. The monoisotopic (exact) mass is 251 g/mol. The fourth-order valence-corrected chi connectivity index (χ4v) is 2.19. The van der Waals surface area contributed by atoms with E-state index < -0.39 is 0 Å². The lowest BCUT2D eigenvalue weighted by molar-refractivity contribution is 0.0385. The number of benzene rings is 1. The highest BCUT2D eigenvalue weighted by molar-refractivity contribution is 5.78. The second-order valence-corrected chi connectivity index (χ2v) is 4.80. The molecule has 1 heterocycles. The van der Waals surface area contributed by atoms with E-state index in [2.05, 4.69) is 0 Å². The molecule has 2 rings (SSSR count). The Morgan fingerprint density at radius 1 is 1.28 bits per heavy atom. The van der Waals surface area contributed by atoms with Crippen LogP contribution < -0.4 is 5.73 Å². The van der Waals surface area contributed by atoms with Crippen molar-refractivity contribution in [1.29, 1.82) is 0 Å². The third-order valence-corrected chi connectivity index (χ3v) is 3.11. The first-order valence-electron chi connectivity index (χ1n) is 6.00. The van der Waals surface area contributed by atoms with Gasteiger partial charge in [0.05, 0.1) is 12.1 Å². The molecule has 2 atom stereocenters. The minimum absolute atomic E-state index is 0.129. The first-order chi connectivity index (χ1) is 8.52. The number of hydrogen-bond donors (Lipinski definition) is 1. The smallest absolute Gasteiger partial charge is 0.134 e. The highest BCUT2D eigenvalue weighted by atomic mass is 19.1. The average molecular weight is 251 g/mol. The van der Waals surface area contributed by atoms with Crippen molar-refractivity contribution in [1.82, 2.24) is 0 Å². The van der Waals surface area contributed by atoms with E-state index in [1.807, 2.05) is 13.8 Å². The van der Waals surface area contributed by atoms with Crippen LogP contribution in [0.1, 0.15) is 25.6 Å². The normalized spacial score (nSPS) is 15.2. The second kappa shape index (κ2) is 5.08. The Bertz CT molecular complexity index is 536. The van der Waals surface area contributed by atoms with Gasteiger partial charge >= 0.3 is 0 Å². The van der Waals surface area contributed by atoms with Gasteiger partial charge in [-0.05, 0) is 30.2 Å². The summed E-state index contributed by atoms with van der Waals surface area (Å²) in [6.45, 7) is 4.08. The van der Waals surface area contributed by atoms with E-state index in [1.54, 1.807) is 19.2 Å². The van der Waals surface area contributed by atoms with Gasteiger partial charge < -0.3 is 14.9 Å². The molecule has 0 saturated heterocycles. The molecule has 0 fully saturated rings. The summed E-state index contributed by atoms with van der Waals surface area (Å²) in [7, 11) is 1.63. The molecule has 1 aromatic heterocycles. The fourth-order valence-electron chi connectivity index (χ4n) is 2.19. The number of halogens is 1. The van der Waals surface area contributed by atoms with Crippen molar-refractivity contribution in [2.45, 2.75) is 26.0 Å². The van der Waals surface area contributed by atoms with E-state index in [-0.39, 0.29) is 23.9 Å². The SMILES string of the molecule is COC(C(C)C)C(N)c1cc2cc(F)ccc2o1. The van der Waals surface area contributed by atoms with E-state index in [9.17, 15) is 4.39 Å². The van der Waals surface area contributed by atoms with Crippen LogP contribution in [0.3, 0.4) is 0 Å². The van der Waals surface area contributed by atoms with E-state index in [0.717, 1.165) is 5.39 Å². The fraction of sp³-hybridized carbons (Fsp3) is 0.429. The molecule has 18 heavy (non-hydrogen) atoms. The average Bonchev–Trinajstić information content (AvgIpc) is 2.72. The lowest BCUT2D eigenvalue weighted by atomic mass is 9.98. The number of nitrogens with two attached hydrogens (primary N) is 1. The minimum atomic E-state index is -0.356. The molecule has 0 aliphatic rings. The number of furan rings is 1. The van der Waals surface area contributed by atoms with E-state index in [4.69, 9.17) is 14.9 Å². The lowest BCUT2D eigenvalue weighted by Crippen LogP contribution is -2.32. The van der Waals surface area contributed by atoms with Gasteiger partial charge in [0.2, 0.25) is 0 Å². The zero-order valence-corrected chi connectivity index (χ0v) is 10.8. The van der Waals surface area contributed by atoms with Crippen molar-refractivity contribution in [2.24, 2.45) is 11.7 Å². The number of hydrogen-bond acceptors (Lipinski definition) is 3. The first kappa shape index (κ1) is 13.1. The van der Waals surface area contributed by atoms with E-state index in [1.165, 1.54) is 12.1 Å². The van der Waals surface area contributed by atoms with Crippen LogP contribution in [0.5, 0.6) is 0 Å². The maximum absolute atomic E-state index is 13.1. The van der Waals surface area contributed by atoms with E-state index >= 15 is 0 Å². The zero-order chi connectivity index (χ0) is 13.3. The molecule has 2 aromatic rings. The molecule has 98 valence electrons. The number of methoxy groups -OCH3 is 1. The van der Waals surface area contributed by atoms with Crippen LogP contribution in [0.4, 0.5) is 4.39 Å². The maximum atomic E-state index is 13.1. The van der Waals surface area contributed by atoms with Crippen LogP contribution >= 0.6 is 0 Å². The van der Waals surface area contributed by atoms with Crippen LogP contribution in [0.2, 0.25) is 0 Å². The molecule has 2 unspecified atom stereocenters. The van der Waals surface area contributed by atoms with Crippen LogP contribution in [0, 0.1) is 11.7 Å². The van der Waals surface area contributed by atoms with Gasteiger partial charge in [0.15, 0.2) is 0 Å². The molecule has 0 saturated carbocycles. The van der Waals surface area contributed by atoms with Crippen LogP contribution in [0.25, 0.3) is 11.0 Å². The van der Waals surface area contributed by atoms with Gasteiger partial charge in [-0.2, -0.15) is 0 Å². The molecule has 3 nitrogen and oxygen atoms in total. The van der Waals surface area contributed by atoms with Crippen molar-refractivity contribution >= 4 is 11.0 Å². The molecular formula is C14H18FNO2. The van der Waals surface area contributed by atoms with Crippen molar-refractivity contribution < 1.29 is 13.5 Å². The summed E-state index contributed by atoms with van der Waals surface area (Å²) < 4.78 is 24.1. The predicted octanol–water partition coefficient (Wildman–Crippen LogP) is 3.24. The molecule has 4 heteroatoms. The molecule has 0 bridgehead atoms. The minimum Gasteiger partial charge on any atom is -0.459 e. The molecule has 1 aromatic carbocycles. The first-order valence-corrected chi connectivity index (χ1v) is 6.00. The molecule has 0 spiro atoms. The van der Waals surface area contributed by atoms with Crippen molar-refractivity contribution in [3.05, 3.63) is 35.8 Å². The van der Waals surface area contributed by atoms with Gasteiger partial charge in [-0.1, -0.05) is 13.8 Å². The molecule has 0 amide bonds. The van der Waals surface area contributed by atoms with Gasteiger partial charge in [-0.25, -0.2) is 4.39 Å². The third-order valence-electron chi connectivity index (χ3n) is 3.11. The Morgan fingerprint density at radius 3 is 2.61 bits per heavy atom. The van der Waals surface area contributed by atoms with Gasteiger partial charge in [-0.15, -0.1) is 0 Å². The number of rotatable bonds is 4. The van der Waals surface area contributed by atoms with Gasteiger partial charge in [0.1, 0.15) is 17.2 Å². The van der Waals surface area contributed by atoms with Gasteiger partial charge in [0, 0.05) is 12.5 Å². The predicted molar refractivity (Wildman–Crippen MR) is 68.7 cm³/mol. The summed E-state index contributed by atoms with van der Waals surface area (Å²) in [5.74, 6) is 0.613. The summed E-state index contributed by atoms with van der Waals surface area (Å²) in [6.07, 6.45) is -0.129. The third kappa shape index (κ3) is 2.40. The largest absolute Gasteiger partial charge is 0.459 e. The highest BCUT2D eigenvalue weighted by Gasteiger charge is 2.25. The molecule has 0 aliphatic carbocycles. The Hall–Kier alpha value is -1.39. The summed E-state index contributed by atoms with van der Waals surface area (Å²) in [4.78, 5) is 0.